The molecule has 18 heavy (non-hydrogen) atoms. The van der Waals surface area contributed by atoms with Crippen LogP contribution in [-0.2, 0) is 9.53 Å². The Balaban J connectivity index is 2.63. The summed E-state index contributed by atoms with van der Waals surface area (Å²) in [5, 5.41) is 11.6. The number of rotatable bonds is 5. The van der Waals surface area contributed by atoms with Gasteiger partial charge in [0, 0.05) is 25.6 Å². The molecule has 6 heteroatoms. The van der Waals surface area contributed by atoms with Crippen molar-refractivity contribution in [3.8, 4) is 0 Å². The van der Waals surface area contributed by atoms with Crippen molar-refractivity contribution in [2.24, 2.45) is 22.7 Å². The van der Waals surface area contributed by atoms with Crippen LogP contribution in [0.25, 0.3) is 0 Å². The first kappa shape index (κ1) is 14.8. The first-order valence-electron chi connectivity index (χ1n) is 6.39. The SMILES string of the molecule is CCN(CC(C)C(N)=NO)C(=O)C1CCOC1C. The predicted molar refractivity (Wildman–Crippen MR) is 68.3 cm³/mol. The summed E-state index contributed by atoms with van der Waals surface area (Å²) >= 11 is 0. The summed E-state index contributed by atoms with van der Waals surface area (Å²) in [5.74, 6) is 0.0260. The Morgan fingerprint density at radius 3 is 2.78 bits per heavy atom. The number of oxime groups is 1. The van der Waals surface area contributed by atoms with Crippen molar-refractivity contribution in [1.82, 2.24) is 4.90 Å². The maximum atomic E-state index is 12.3. The predicted octanol–water partition coefficient (Wildman–Crippen LogP) is 0.642. The highest BCUT2D eigenvalue weighted by molar-refractivity contribution is 5.84. The molecule has 1 aliphatic heterocycles. The van der Waals surface area contributed by atoms with Crippen LogP contribution in [0.4, 0.5) is 0 Å². The van der Waals surface area contributed by atoms with Crippen LogP contribution in [-0.4, -0.2) is 47.7 Å². The fourth-order valence-electron chi connectivity index (χ4n) is 2.19. The highest BCUT2D eigenvalue weighted by Gasteiger charge is 2.33. The molecule has 0 bridgehead atoms. The number of amidine groups is 1. The molecular formula is C12H23N3O3. The van der Waals surface area contributed by atoms with Gasteiger partial charge in [-0.05, 0) is 20.3 Å². The lowest BCUT2D eigenvalue weighted by molar-refractivity contribution is -0.137. The molecule has 1 saturated heterocycles. The molecule has 0 spiro atoms. The summed E-state index contributed by atoms with van der Waals surface area (Å²) in [5.41, 5.74) is 5.54. The molecule has 3 unspecified atom stereocenters. The molecule has 1 fully saturated rings. The Kier molecular flexibility index (Phi) is 5.40. The van der Waals surface area contributed by atoms with Crippen LogP contribution < -0.4 is 5.73 Å². The van der Waals surface area contributed by atoms with E-state index in [-0.39, 0.29) is 29.7 Å². The van der Waals surface area contributed by atoms with Gasteiger partial charge in [0.2, 0.25) is 5.91 Å². The quantitative estimate of drug-likeness (QED) is 0.327. The third-order valence-electron chi connectivity index (χ3n) is 3.50. The second kappa shape index (κ2) is 6.58. The number of nitrogens with zero attached hydrogens (tertiary/aromatic N) is 2. The van der Waals surface area contributed by atoms with Crippen LogP contribution >= 0.6 is 0 Å². The first-order chi connectivity index (χ1) is 8.51. The Bertz CT molecular complexity index is 320. The molecule has 0 aromatic heterocycles. The lowest BCUT2D eigenvalue weighted by atomic mass is 10.00. The monoisotopic (exact) mass is 257 g/mol. The van der Waals surface area contributed by atoms with E-state index < -0.39 is 0 Å². The van der Waals surface area contributed by atoms with Crippen molar-refractivity contribution < 1.29 is 14.7 Å². The minimum absolute atomic E-state index is 0.0225. The number of hydrogen-bond donors (Lipinski definition) is 2. The molecule has 0 aromatic rings. The van der Waals surface area contributed by atoms with Crippen molar-refractivity contribution in [3.05, 3.63) is 0 Å². The lowest BCUT2D eigenvalue weighted by Gasteiger charge is -2.27. The van der Waals surface area contributed by atoms with Crippen LogP contribution in [0.3, 0.4) is 0 Å². The zero-order valence-electron chi connectivity index (χ0n) is 11.3. The Morgan fingerprint density at radius 2 is 2.33 bits per heavy atom. The fourth-order valence-corrected chi connectivity index (χ4v) is 2.19. The average molecular weight is 257 g/mol. The third-order valence-corrected chi connectivity index (χ3v) is 3.50. The largest absolute Gasteiger partial charge is 0.409 e. The number of hydrogen-bond acceptors (Lipinski definition) is 4. The van der Waals surface area contributed by atoms with Gasteiger partial charge in [0.05, 0.1) is 12.0 Å². The highest BCUT2D eigenvalue weighted by Crippen LogP contribution is 2.23. The summed E-state index contributed by atoms with van der Waals surface area (Å²) < 4.78 is 5.42. The molecule has 1 heterocycles. The van der Waals surface area contributed by atoms with Crippen LogP contribution in [0.2, 0.25) is 0 Å². The minimum atomic E-state index is -0.156. The number of carbonyl (C=O) groups is 1. The molecule has 1 rings (SSSR count). The van der Waals surface area contributed by atoms with Crippen molar-refractivity contribution in [2.45, 2.75) is 33.3 Å². The van der Waals surface area contributed by atoms with Crippen LogP contribution in [0.15, 0.2) is 5.16 Å². The van der Waals surface area contributed by atoms with Crippen LogP contribution in [0, 0.1) is 11.8 Å². The first-order valence-corrected chi connectivity index (χ1v) is 6.39. The number of carbonyl (C=O) groups excluding carboxylic acids is 1. The maximum Gasteiger partial charge on any atom is 0.228 e. The van der Waals surface area contributed by atoms with E-state index in [0.29, 0.717) is 19.7 Å². The normalized spacial score (nSPS) is 26.1. The van der Waals surface area contributed by atoms with Crippen molar-refractivity contribution in [1.29, 1.82) is 0 Å². The molecule has 3 atom stereocenters. The second-order valence-electron chi connectivity index (χ2n) is 4.77. The van der Waals surface area contributed by atoms with Crippen LogP contribution in [0.5, 0.6) is 0 Å². The third kappa shape index (κ3) is 3.35. The second-order valence-corrected chi connectivity index (χ2v) is 4.77. The van der Waals surface area contributed by atoms with Crippen molar-refractivity contribution in [3.63, 3.8) is 0 Å². The van der Waals surface area contributed by atoms with Crippen LogP contribution in [0.1, 0.15) is 27.2 Å². The summed E-state index contributed by atoms with van der Waals surface area (Å²) in [6, 6.07) is 0. The van der Waals surface area contributed by atoms with Crippen molar-refractivity contribution in [2.75, 3.05) is 19.7 Å². The fraction of sp³-hybridized carbons (Fsp3) is 0.833. The summed E-state index contributed by atoms with van der Waals surface area (Å²) in [6.07, 6.45) is 0.750. The van der Waals surface area contributed by atoms with Crippen molar-refractivity contribution >= 4 is 11.7 Å². The average Bonchev–Trinajstić information content (AvgIpc) is 2.79. The molecule has 1 amide bonds. The molecule has 6 nitrogen and oxygen atoms in total. The lowest BCUT2D eigenvalue weighted by Crippen LogP contribution is -2.43. The van der Waals surface area contributed by atoms with Gasteiger partial charge in [-0.25, -0.2) is 0 Å². The molecule has 0 aliphatic carbocycles. The molecule has 3 N–H and O–H groups in total. The summed E-state index contributed by atoms with van der Waals surface area (Å²) in [6.45, 7) is 7.41. The van der Waals surface area contributed by atoms with Gasteiger partial charge < -0.3 is 20.6 Å². The molecule has 0 radical (unpaired) electrons. The van der Waals surface area contributed by atoms with E-state index in [1.54, 1.807) is 4.90 Å². The van der Waals surface area contributed by atoms with E-state index >= 15 is 0 Å². The van der Waals surface area contributed by atoms with Gasteiger partial charge in [0.1, 0.15) is 5.84 Å². The summed E-state index contributed by atoms with van der Waals surface area (Å²) in [4.78, 5) is 14.1. The van der Waals surface area contributed by atoms with Gasteiger partial charge in [-0.1, -0.05) is 12.1 Å². The molecule has 0 aromatic carbocycles. The van der Waals surface area contributed by atoms with Gasteiger partial charge in [-0.2, -0.15) is 0 Å². The highest BCUT2D eigenvalue weighted by atomic mass is 16.5. The minimum Gasteiger partial charge on any atom is -0.409 e. The standard InChI is InChI=1S/C12H23N3O3/c1-4-15(7-8(2)11(13)14-17)12(16)10-5-6-18-9(10)3/h8-10,17H,4-7H2,1-3H3,(H2,13,14). The maximum absolute atomic E-state index is 12.3. The van der Waals surface area contributed by atoms with E-state index in [0.717, 1.165) is 6.42 Å². The molecule has 0 saturated carbocycles. The van der Waals surface area contributed by atoms with E-state index in [2.05, 4.69) is 5.16 Å². The molecule has 1 aliphatic rings. The van der Waals surface area contributed by atoms with Gasteiger partial charge in [0.25, 0.3) is 0 Å². The number of ether oxygens (including phenoxy) is 1. The van der Waals surface area contributed by atoms with E-state index in [1.807, 2.05) is 20.8 Å². The topological polar surface area (TPSA) is 88.1 Å². The Hall–Kier alpha value is -1.30. The molecular weight excluding hydrogens is 234 g/mol. The van der Waals surface area contributed by atoms with E-state index in [4.69, 9.17) is 15.7 Å². The van der Waals surface area contributed by atoms with Gasteiger partial charge >= 0.3 is 0 Å². The zero-order chi connectivity index (χ0) is 13.7. The number of nitrogens with two attached hydrogens (primary N) is 1. The zero-order valence-corrected chi connectivity index (χ0v) is 11.3. The molecule has 104 valence electrons. The Morgan fingerprint density at radius 1 is 1.67 bits per heavy atom. The van der Waals surface area contributed by atoms with E-state index in [9.17, 15) is 4.79 Å². The smallest absolute Gasteiger partial charge is 0.228 e. The number of amides is 1. The van der Waals surface area contributed by atoms with Gasteiger partial charge in [0.15, 0.2) is 0 Å². The van der Waals surface area contributed by atoms with Gasteiger partial charge in [-0.15, -0.1) is 0 Å². The van der Waals surface area contributed by atoms with E-state index in [1.165, 1.54) is 0 Å². The summed E-state index contributed by atoms with van der Waals surface area (Å²) in [7, 11) is 0. The van der Waals surface area contributed by atoms with Gasteiger partial charge in [-0.3, -0.25) is 4.79 Å². The Labute approximate surface area is 108 Å².